The third kappa shape index (κ3) is 3.42. The number of nitrogens with one attached hydrogen (secondary N) is 1. The molecule has 6 heteroatoms. The maximum Gasteiger partial charge on any atom is 0.317 e. The highest BCUT2D eigenvalue weighted by molar-refractivity contribution is 5.76. The molecule has 6 nitrogen and oxygen atoms in total. The first kappa shape index (κ1) is 15.1. The van der Waals surface area contributed by atoms with Gasteiger partial charge in [0.15, 0.2) is 0 Å². The van der Waals surface area contributed by atoms with Crippen molar-refractivity contribution in [2.24, 2.45) is 11.8 Å². The van der Waals surface area contributed by atoms with Crippen molar-refractivity contribution in [1.82, 2.24) is 15.1 Å². The van der Waals surface area contributed by atoms with Crippen molar-refractivity contribution in [3.8, 4) is 0 Å². The molecule has 2 amide bonds. The summed E-state index contributed by atoms with van der Waals surface area (Å²) >= 11 is 0. The lowest BCUT2D eigenvalue weighted by Gasteiger charge is -2.42. The molecule has 0 saturated carbocycles. The van der Waals surface area contributed by atoms with E-state index in [9.17, 15) is 9.59 Å². The van der Waals surface area contributed by atoms with Crippen LogP contribution in [-0.4, -0.2) is 65.7 Å². The fourth-order valence-electron chi connectivity index (χ4n) is 2.92. The standard InChI is InChI=1S/C14H25N3O3/c1-3-16-6-4-5-12(9-16)15-14(20)17-7-11(8-17)10(2)13(18)19/h10-12H,3-9H2,1-2H3,(H,15,20)(H,18,19). The molecule has 2 atom stereocenters. The Morgan fingerprint density at radius 3 is 2.65 bits per heavy atom. The van der Waals surface area contributed by atoms with Gasteiger partial charge in [-0.1, -0.05) is 13.8 Å². The number of aliphatic carboxylic acids is 1. The van der Waals surface area contributed by atoms with E-state index in [1.54, 1.807) is 11.8 Å². The van der Waals surface area contributed by atoms with E-state index < -0.39 is 5.97 Å². The summed E-state index contributed by atoms with van der Waals surface area (Å²) in [7, 11) is 0. The molecule has 2 unspecified atom stereocenters. The fourth-order valence-corrected chi connectivity index (χ4v) is 2.92. The van der Waals surface area contributed by atoms with Crippen molar-refractivity contribution in [2.45, 2.75) is 32.7 Å². The van der Waals surface area contributed by atoms with Gasteiger partial charge in [-0.25, -0.2) is 4.79 Å². The van der Waals surface area contributed by atoms with E-state index in [0.29, 0.717) is 13.1 Å². The summed E-state index contributed by atoms with van der Waals surface area (Å²) < 4.78 is 0. The van der Waals surface area contributed by atoms with Crippen molar-refractivity contribution < 1.29 is 14.7 Å². The average Bonchev–Trinajstić information content (AvgIpc) is 2.36. The number of rotatable bonds is 4. The Bertz CT molecular complexity index is 369. The molecule has 2 rings (SSSR count). The molecule has 2 aliphatic heterocycles. The van der Waals surface area contributed by atoms with Crippen molar-refractivity contribution in [1.29, 1.82) is 0 Å². The van der Waals surface area contributed by atoms with Crippen molar-refractivity contribution >= 4 is 12.0 Å². The van der Waals surface area contributed by atoms with Gasteiger partial charge in [0.05, 0.1) is 5.92 Å². The monoisotopic (exact) mass is 283 g/mol. The predicted molar refractivity (Wildman–Crippen MR) is 75.5 cm³/mol. The van der Waals surface area contributed by atoms with E-state index in [4.69, 9.17) is 5.11 Å². The maximum atomic E-state index is 12.1. The van der Waals surface area contributed by atoms with Crippen LogP contribution in [0.3, 0.4) is 0 Å². The number of carbonyl (C=O) groups is 2. The van der Waals surface area contributed by atoms with Crippen LogP contribution in [-0.2, 0) is 4.79 Å². The quantitative estimate of drug-likeness (QED) is 0.801. The zero-order chi connectivity index (χ0) is 14.7. The summed E-state index contributed by atoms with van der Waals surface area (Å²) in [6.07, 6.45) is 2.16. The van der Waals surface area contributed by atoms with Gasteiger partial charge in [0.1, 0.15) is 0 Å². The Balaban J connectivity index is 1.73. The molecular weight excluding hydrogens is 258 g/mol. The zero-order valence-electron chi connectivity index (χ0n) is 12.3. The first-order valence-corrected chi connectivity index (χ1v) is 7.51. The van der Waals surface area contributed by atoms with Crippen LogP contribution in [0.4, 0.5) is 4.79 Å². The lowest BCUT2D eigenvalue weighted by Crippen LogP contribution is -2.59. The molecule has 2 aliphatic rings. The Morgan fingerprint density at radius 2 is 2.05 bits per heavy atom. The molecule has 20 heavy (non-hydrogen) atoms. The highest BCUT2D eigenvalue weighted by atomic mass is 16.4. The highest BCUT2D eigenvalue weighted by Crippen LogP contribution is 2.24. The fraction of sp³-hybridized carbons (Fsp3) is 0.857. The minimum absolute atomic E-state index is 0.0400. The molecule has 114 valence electrons. The molecular formula is C14H25N3O3. The molecule has 0 bridgehead atoms. The summed E-state index contributed by atoms with van der Waals surface area (Å²) in [5.41, 5.74) is 0. The Morgan fingerprint density at radius 1 is 1.35 bits per heavy atom. The van der Waals surface area contributed by atoms with E-state index in [2.05, 4.69) is 17.1 Å². The van der Waals surface area contributed by atoms with Gasteiger partial charge in [-0.2, -0.15) is 0 Å². The van der Waals surface area contributed by atoms with E-state index in [1.807, 2.05) is 0 Å². The molecule has 2 N–H and O–H groups in total. The number of carboxylic acids is 1. The molecule has 0 aromatic rings. The largest absolute Gasteiger partial charge is 0.481 e. The van der Waals surface area contributed by atoms with Crippen LogP contribution in [0.5, 0.6) is 0 Å². The van der Waals surface area contributed by atoms with Gasteiger partial charge >= 0.3 is 12.0 Å². The lowest BCUT2D eigenvalue weighted by molar-refractivity contribution is -0.144. The first-order chi connectivity index (χ1) is 9.51. The topological polar surface area (TPSA) is 72.9 Å². The number of likely N-dealkylation sites (tertiary alicyclic amines) is 2. The lowest BCUT2D eigenvalue weighted by atomic mass is 9.87. The van der Waals surface area contributed by atoms with Crippen LogP contribution >= 0.6 is 0 Å². The molecule has 2 saturated heterocycles. The average molecular weight is 283 g/mol. The van der Waals surface area contributed by atoms with Gasteiger partial charge in [-0.3, -0.25) is 4.79 Å². The first-order valence-electron chi connectivity index (χ1n) is 7.51. The summed E-state index contributed by atoms with van der Waals surface area (Å²) in [5, 5.41) is 12.0. The van der Waals surface area contributed by atoms with Crippen LogP contribution in [0, 0.1) is 11.8 Å². The normalized spacial score (nSPS) is 25.9. The second kappa shape index (κ2) is 6.43. The summed E-state index contributed by atoms with van der Waals surface area (Å²) in [4.78, 5) is 27.0. The Kier molecular flexibility index (Phi) is 4.86. The number of piperidine rings is 1. The van der Waals surface area contributed by atoms with Gasteiger partial charge in [0.2, 0.25) is 0 Å². The number of urea groups is 1. The minimum atomic E-state index is -0.777. The maximum absolute atomic E-state index is 12.1. The summed E-state index contributed by atoms with van der Waals surface area (Å²) in [6, 6.07) is 0.189. The van der Waals surface area contributed by atoms with Crippen LogP contribution in [0.2, 0.25) is 0 Å². The van der Waals surface area contributed by atoms with Crippen LogP contribution < -0.4 is 5.32 Å². The van der Waals surface area contributed by atoms with Gasteiger partial charge in [0, 0.05) is 31.6 Å². The third-order valence-electron chi connectivity index (χ3n) is 4.57. The molecule has 0 aromatic carbocycles. The van der Waals surface area contributed by atoms with Crippen LogP contribution in [0.1, 0.15) is 26.7 Å². The van der Waals surface area contributed by atoms with Crippen LogP contribution in [0.25, 0.3) is 0 Å². The zero-order valence-corrected chi connectivity index (χ0v) is 12.3. The Hall–Kier alpha value is -1.30. The van der Waals surface area contributed by atoms with Crippen molar-refractivity contribution in [2.75, 3.05) is 32.7 Å². The molecule has 0 radical (unpaired) electrons. The number of carboxylic acid groups (broad SMARTS) is 1. The number of likely N-dealkylation sites (N-methyl/N-ethyl adjacent to an activating group) is 1. The molecule has 2 heterocycles. The minimum Gasteiger partial charge on any atom is -0.481 e. The number of amides is 2. The van der Waals surface area contributed by atoms with Crippen molar-refractivity contribution in [3.05, 3.63) is 0 Å². The van der Waals surface area contributed by atoms with Gasteiger partial charge in [-0.05, 0) is 25.9 Å². The predicted octanol–water partition coefficient (Wildman–Crippen LogP) is 0.833. The van der Waals surface area contributed by atoms with Gasteiger partial charge in [0.25, 0.3) is 0 Å². The van der Waals surface area contributed by atoms with Crippen LogP contribution in [0.15, 0.2) is 0 Å². The van der Waals surface area contributed by atoms with E-state index >= 15 is 0 Å². The molecule has 0 aliphatic carbocycles. The molecule has 0 spiro atoms. The second-order valence-corrected chi connectivity index (χ2v) is 5.97. The number of hydrogen-bond acceptors (Lipinski definition) is 3. The van der Waals surface area contributed by atoms with Gasteiger partial charge in [-0.15, -0.1) is 0 Å². The second-order valence-electron chi connectivity index (χ2n) is 5.97. The third-order valence-corrected chi connectivity index (χ3v) is 4.57. The molecule has 2 fully saturated rings. The van der Waals surface area contributed by atoms with E-state index in [-0.39, 0.29) is 23.9 Å². The summed E-state index contributed by atoms with van der Waals surface area (Å²) in [6.45, 7) is 8.02. The number of carbonyl (C=O) groups excluding carboxylic acids is 1. The number of nitrogens with zero attached hydrogens (tertiary/aromatic N) is 2. The smallest absolute Gasteiger partial charge is 0.317 e. The Labute approximate surface area is 120 Å². The molecule has 0 aromatic heterocycles. The summed E-state index contributed by atoms with van der Waals surface area (Å²) in [5.74, 6) is -1.05. The van der Waals surface area contributed by atoms with E-state index in [0.717, 1.165) is 32.5 Å². The van der Waals surface area contributed by atoms with Gasteiger partial charge < -0.3 is 20.2 Å². The highest BCUT2D eigenvalue weighted by Gasteiger charge is 2.37. The van der Waals surface area contributed by atoms with Crippen molar-refractivity contribution in [3.63, 3.8) is 0 Å². The number of hydrogen-bond donors (Lipinski definition) is 2. The SMILES string of the molecule is CCN1CCCC(NC(=O)N2CC(C(C)C(=O)O)C2)C1. The van der Waals surface area contributed by atoms with E-state index in [1.165, 1.54) is 0 Å².